The molecule has 0 radical (unpaired) electrons. The van der Waals surface area contributed by atoms with Gasteiger partial charge < -0.3 is 11.1 Å². The maximum atomic E-state index is 12.7. The number of halogens is 3. The first-order valence-electron chi connectivity index (χ1n) is 9.65. The van der Waals surface area contributed by atoms with E-state index in [1.54, 1.807) is 6.20 Å². The van der Waals surface area contributed by atoms with Gasteiger partial charge in [0.1, 0.15) is 5.01 Å². The van der Waals surface area contributed by atoms with Crippen LogP contribution in [0.5, 0.6) is 0 Å². The zero-order valence-electron chi connectivity index (χ0n) is 16.6. The Morgan fingerprint density at radius 3 is 2.55 bits per heavy atom. The summed E-state index contributed by atoms with van der Waals surface area (Å²) in [6, 6.07) is 12.8. The molecule has 31 heavy (non-hydrogen) atoms. The molecule has 2 aromatic heterocycles. The molecule has 2 aromatic carbocycles. The molecule has 0 aliphatic rings. The van der Waals surface area contributed by atoms with Gasteiger partial charge in [-0.15, -0.1) is 10.2 Å². The van der Waals surface area contributed by atoms with E-state index in [1.807, 2.05) is 37.4 Å². The van der Waals surface area contributed by atoms with Crippen LogP contribution in [0.2, 0.25) is 0 Å². The molecule has 0 saturated carbocycles. The number of benzene rings is 2. The van der Waals surface area contributed by atoms with Crippen molar-refractivity contribution < 1.29 is 13.2 Å². The van der Waals surface area contributed by atoms with E-state index in [0.717, 1.165) is 39.0 Å². The third-order valence-corrected chi connectivity index (χ3v) is 6.14. The molecule has 2 heterocycles. The third-order valence-electron chi connectivity index (χ3n) is 5.21. The van der Waals surface area contributed by atoms with Crippen molar-refractivity contribution in [3.05, 3.63) is 72.1 Å². The fourth-order valence-electron chi connectivity index (χ4n) is 3.23. The summed E-state index contributed by atoms with van der Waals surface area (Å²) in [5, 5.41) is 15.2. The molecule has 0 spiro atoms. The van der Waals surface area contributed by atoms with E-state index in [-0.39, 0.29) is 12.0 Å². The Kier molecular flexibility index (Phi) is 5.88. The van der Waals surface area contributed by atoms with Gasteiger partial charge in [0.25, 0.3) is 0 Å². The number of anilines is 1. The van der Waals surface area contributed by atoms with Gasteiger partial charge in [-0.2, -0.15) is 13.2 Å². The second kappa shape index (κ2) is 8.60. The monoisotopic (exact) mass is 443 g/mol. The van der Waals surface area contributed by atoms with Crippen molar-refractivity contribution >= 4 is 27.2 Å². The smallest absolute Gasteiger partial charge is 0.358 e. The molecule has 2 atom stereocenters. The largest absolute Gasteiger partial charge is 0.416 e. The first-order chi connectivity index (χ1) is 14.8. The van der Waals surface area contributed by atoms with E-state index in [9.17, 15) is 13.2 Å². The highest BCUT2D eigenvalue weighted by molar-refractivity contribution is 7.18. The summed E-state index contributed by atoms with van der Waals surface area (Å²) in [5.74, 6) is -0.128. The maximum absolute atomic E-state index is 12.7. The molecule has 0 bridgehead atoms. The van der Waals surface area contributed by atoms with Crippen LogP contribution >= 0.6 is 11.3 Å². The van der Waals surface area contributed by atoms with Crippen molar-refractivity contribution in [2.75, 3.05) is 11.9 Å². The highest BCUT2D eigenvalue weighted by Crippen LogP contribution is 2.31. The highest BCUT2D eigenvalue weighted by atomic mass is 32.1. The molecule has 160 valence electrons. The maximum Gasteiger partial charge on any atom is 0.416 e. The van der Waals surface area contributed by atoms with Crippen LogP contribution < -0.4 is 11.1 Å². The molecule has 3 N–H and O–H groups in total. The average molecular weight is 443 g/mol. The van der Waals surface area contributed by atoms with Crippen LogP contribution in [0, 0.1) is 0 Å². The highest BCUT2D eigenvalue weighted by Gasteiger charge is 2.30. The Balaban J connectivity index is 1.39. The van der Waals surface area contributed by atoms with Gasteiger partial charge in [0.05, 0.1) is 5.56 Å². The third kappa shape index (κ3) is 4.83. The molecular formula is C22H20F3N5S. The molecule has 0 fully saturated rings. The van der Waals surface area contributed by atoms with Gasteiger partial charge >= 0.3 is 6.18 Å². The van der Waals surface area contributed by atoms with Gasteiger partial charge in [0.2, 0.25) is 5.13 Å². The van der Waals surface area contributed by atoms with Crippen LogP contribution in [0.15, 0.2) is 60.9 Å². The van der Waals surface area contributed by atoms with Crippen LogP contribution in [0.3, 0.4) is 0 Å². The molecule has 5 nitrogen and oxygen atoms in total. The fraction of sp³-hybridized carbons (Fsp3) is 0.227. The van der Waals surface area contributed by atoms with Crippen molar-refractivity contribution in [2.24, 2.45) is 5.73 Å². The Morgan fingerprint density at radius 2 is 1.81 bits per heavy atom. The quantitative estimate of drug-likeness (QED) is 0.422. The number of fused-ring (bicyclic) bond motifs is 1. The molecule has 4 aromatic rings. The summed E-state index contributed by atoms with van der Waals surface area (Å²) in [6.07, 6.45) is -0.785. The lowest BCUT2D eigenvalue weighted by atomic mass is 9.93. The van der Waals surface area contributed by atoms with E-state index in [4.69, 9.17) is 5.73 Å². The molecule has 0 aliphatic carbocycles. The SMILES string of the molecule is CC(c1ccc(C(F)(F)F)cc1)C(N)CNc1nnc(-c2ccc3cnccc3c2)s1. The lowest BCUT2D eigenvalue weighted by Crippen LogP contribution is -2.34. The summed E-state index contributed by atoms with van der Waals surface area (Å²) in [5.41, 5.74) is 7.32. The fourth-order valence-corrected chi connectivity index (χ4v) is 3.98. The normalized spacial score (nSPS) is 13.8. The lowest BCUT2D eigenvalue weighted by Gasteiger charge is -2.21. The van der Waals surface area contributed by atoms with E-state index in [2.05, 4.69) is 20.5 Å². The molecule has 0 amide bonds. The minimum Gasteiger partial charge on any atom is -0.358 e. The van der Waals surface area contributed by atoms with Crippen LogP contribution in [-0.4, -0.2) is 27.8 Å². The number of pyridine rings is 1. The van der Waals surface area contributed by atoms with Crippen LogP contribution in [-0.2, 0) is 6.18 Å². The number of hydrogen-bond donors (Lipinski definition) is 2. The average Bonchev–Trinajstić information content (AvgIpc) is 3.25. The van der Waals surface area contributed by atoms with Crippen molar-refractivity contribution in [2.45, 2.75) is 25.1 Å². The van der Waals surface area contributed by atoms with Gasteiger partial charge in [-0.05, 0) is 41.1 Å². The van der Waals surface area contributed by atoms with Gasteiger partial charge in [-0.25, -0.2) is 0 Å². The van der Waals surface area contributed by atoms with Crippen molar-refractivity contribution in [3.63, 3.8) is 0 Å². The predicted molar refractivity (Wildman–Crippen MR) is 117 cm³/mol. The molecule has 2 unspecified atom stereocenters. The number of aromatic nitrogens is 3. The molecule has 4 rings (SSSR count). The zero-order chi connectivity index (χ0) is 22.0. The zero-order valence-corrected chi connectivity index (χ0v) is 17.4. The van der Waals surface area contributed by atoms with Gasteiger partial charge in [-0.3, -0.25) is 4.98 Å². The lowest BCUT2D eigenvalue weighted by molar-refractivity contribution is -0.137. The Bertz CT molecular complexity index is 1170. The summed E-state index contributed by atoms with van der Waals surface area (Å²) < 4.78 is 38.2. The number of nitrogens with one attached hydrogen (secondary N) is 1. The van der Waals surface area contributed by atoms with Crippen LogP contribution in [0.4, 0.5) is 18.3 Å². The minimum absolute atomic E-state index is 0.128. The van der Waals surface area contributed by atoms with Crippen molar-refractivity contribution in [3.8, 4) is 10.6 Å². The molecule has 9 heteroatoms. The summed E-state index contributed by atoms with van der Waals surface area (Å²) >= 11 is 1.42. The van der Waals surface area contributed by atoms with E-state index in [1.165, 1.54) is 23.5 Å². The van der Waals surface area contributed by atoms with E-state index < -0.39 is 11.7 Å². The second-order valence-electron chi connectivity index (χ2n) is 7.30. The number of nitrogens with zero attached hydrogens (tertiary/aromatic N) is 3. The standard InChI is InChI=1S/C22H20F3N5S/c1-13(14-4-6-18(7-5-14)22(23,24)25)19(26)12-28-21-30-29-20(31-21)16-2-3-17-11-27-9-8-15(17)10-16/h2-11,13,19H,12,26H2,1H3,(H,28,30). The first kappa shape index (κ1) is 21.2. The van der Waals surface area contributed by atoms with Crippen LogP contribution in [0.1, 0.15) is 24.0 Å². The number of rotatable bonds is 6. The Labute approximate surface area is 181 Å². The first-order valence-corrected chi connectivity index (χ1v) is 10.5. The number of hydrogen-bond acceptors (Lipinski definition) is 6. The van der Waals surface area contributed by atoms with Crippen LogP contribution in [0.25, 0.3) is 21.3 Å². The van der Waals surface area contributed by atoms with Gasteiger partial charge in [0, 0.05) is 35.9 Å². The molecule has 0 aliphatic heterocycles. The van der Waals surface area contributed by atoms with Gasteiger partial charge in [-0.1, -0.05) is 42.5 Å². The molecular weight excluding hydrogens is 423 g/mol. The topological polar surface area (TPSA) is 76.7 Å². The van der Waals surface area contributed by atoms with Gasteiger partial charge in [0.15, 0.2) is 0 Å². The summed E-state index contributed by atoms with van der Waals surface area (Å²) in [7, 11) is 0. The Morgan fingerprint density at radius 1 is 1.03 bits per heavy atom. The Hall–Kier alpha value is -3.04. The van der Waals surface area contributed by atoms with Crippen molar-refractivity contribution in [1.29, 1.82) is 0 Å². The second-order valence-corrected chi connectivity index (χ2v) is 8.28. The number of alkyl halides is 3. The molecule has 0 saturated heterocycles. The minimum atomic E-state index is -4.34. The van der Waals surface area contributed by atoms with Crippen molar-refractivity contribution in [1.82, 2.24) is 15.2 Å². The summed E-state index contributed by atoms with van der Waals surface area (Å²) in [6.45, 7) is 2.31. The summed E-state index contributed by atoms with van der Waals surface area (Å²) in [4.78, 5) is 4.11. The predicted octanol–water partition coefficient (Wildman–Crippen LogP) is 5.32. The van der Waals surface area contributed by atoms with E-state index in [0.29, 0.717) is 11.7 Å². The number of nitrogens with two attached hydrogens (primary N) is 1. The van der Waals surface area contributed by atoms with E-state index >= 15 is 0 Å².